The van der Waals surface area contributed by atoms with Gasteiger partial charge in [-0.2, -0.15) is 0 Å². The van der Waals surface area contributed by atoms with Crippen molar-refractivity contribution in [3.05, 3.63) is 0 Å². The summed E-state index contributed by atoms with van der Waals surface area (Å²) in [5, 5.41) is 0. The summed E-state index contributed by atoms with van der Waals surface area (Å²) in [5.41, 5.74) is 5.52. The molecule has 2 fully saturated rings. The van der Waals surface area contributed by atoms with Crippen LogP contribution in [0, 0.1) is 23.7 Å². The number of hydrogen-bond acceptors (Lipinski definition) is 1. The van der Waals surface area contributed by atoms with Crippen LogP contribution < -0.4 is 5.73 Å². The van der Waals surface area contributed by atoms with Gasteiger partial charge < -0.3 is 5.73 Å². The van der Waals surface area contributed by atoms with E-state index in [1.807, 2.05) is 0 Å². The molecular weight excluding hydrogens is 230 g/mol. The van der Waals surface area contributed by atoms with Crippen molar-refractivity contribution in [1.82, 2.24) is 0 Å². The Bertz CT molecular complexity index is 238. The van der Waals surface area contributed by atoms with Gasteiger partial charge in [-0.25, -0.2) is 0 Å². The third-order valence-electron chi connectivity index (χ3n) is 5.45. The summed E-state index contributed by atoms with van der Waals surface area (Å²) in [4.78, 5) is 0. The van der Waals surface area contributed by atoms with Crippen molar-refractivity contribution in [3.63, 3.8) is 0 Å². The van der Waals surface area contributed by atoms with Gasteiger partial charge in [-0.3, -0.25) is 0 Å². The molecule has 1 nitrogen and oxygen atoms in total. The molecule has 2 rings (SSSR count). The van der Waals surface area contributed by atoms with E-state index >= 15 is 0 Å². The monoisotopic (exact) mass is 265 g/mol. The molecule has 2 aliphatic rings. The molecule has 0 bridgehead atoms. The molecule has 0 amide bonds. The molecule has 0 aromatic carbocycles. The molecule has 19 heavy (non-hydrogen) atoms. The van der Waals surface area contributed by atoms with Crippen LogP contribution in [0.15, 0.2) is 0 Å². The third kappa shape index (κ3) is 5.85. The molecule has 0 aromatic heterocycles. The Labute approximate surface area is 120 Å². The Morgan fingerprint density at radius 2 is 1.32 bits per heavy atom. The zero-order valence-corrected chi connectivity index (χ0v) is 13.1. The maximum Gasteiger partial charge on any atom is -0.00773 e. The maximum atomic E-state index is 5.52. The number of unbranched alkanes of at least 4 members (excludes halogenated alkanes) is 5. The van der Waals surface area contributed by atoms with Gasteiger partial charge in [0.15, 0.2) is 0 Å². The lowest BCUT2D eigenvalue weighted by Gasteiger charge is -2.02. The minimum absolute atomic E-state index is 0.882. The smallest absolute Gasteiger partial charge is 0.00773 e. The predicted molar refractivity (Wildman–Crippen MR) is 84.1 cm³/mol. The lowest BCUT2D eigenvalue weighted by molar-refractivity contribution is 0.504. The fourth-order valence-electron chi connectivity index (χ4n) is 3.85. The first-order valence-electron chi connectivity index (χ1n) is 9.05. The van der Waals surface area contributed by atoms with Crippen molar-refractivity contribution in [2.24, 2.45) is 29.4 Å². The molecule has 4 unspecified atom stereocenters. The lowest BCUT2D eigenvalue weighted by atomic mass is 10.0. The molecule has 0 spiro atoms. The molecule has 0 aromatic rings. The van der Waals surface area contributed by atoms with Crippen LogP contribution in [0.5, 0.6) is 0 Å². The normalized spacial score (nSPS) is 32.5. The second kappa shape index (κ2) is 8.29. The molecule has 4 atom stereocenters. The Balaban J connectivity index is 1.41. The Morgan fingerprint density at radius 3 is 1.89 bits per heavy atom. The molecule has 0 aliphatic heterocycles. The van der Waals surface area contributed by atoms with Gasteiger partial charge >= 0.3 is 0 Å². The van der Waals surface area contributed by atoms with Crippen LogP contribution in [0.25, 0.3) is 0 Å². The van der Waals surface area contributed by atoms with E-state index < -0.39 is 0 Å². The highest BCUT2D eigenvalue weighted by Gasteiger charge is 2.44. The SMILES string of the molecule is CCCCCC1CC1CC1CC1CCCCCCN. The van der Waals surface area contributed by atoms with Crippen LogP contribution in [0.3, 0.4) is 0 Å². The summed E-state index contributed by atoms with van der Waals surface area (Å²) in [6.07, 6.45) is 17.6. The van der Waals surface area contributed by atoms with Gasteiger partial charge in [0, 0.05) is 0 Å². The zero-order valence-electron chi connectivity index (χ0n) is 13.1. The minimum Gasteiger partial charge on any atom is -0.330 e. The molecule has 0 radical (unpaired) electrons. The van der Waals surface area contributed by atoms with E-state index in [-0.39, 0.29) is 0 Å². The summed E-state index contributed by atoms with van der Waals surface area (Å²) < 4.78 is 0. The van der Waals surface area contributed by atoms with E-state index in [2.05, 4.69) is 6.92 Å². The highest BCUT2D eigenvalue weighted by molar-refractivity contribution is 4.94. The first-order valence-corrected chi connectivity index (χ1v) is 9.05. The molecule has 0 saturated heterocycles. The predicted octanol–water partition coefficient (Wildman–Crippen LogP) is 5.14. The van der Waals surface area contributed by atoms with Gasteiger partial charge in [-0.05, 0) is 55.9 Å². The number of rotatable bonds is 12. The zero-order chi connectivity index (χ0) is 13.5. The third-order valence-corrected chi connectivity index (χ3v) is 5.45. The number of hydrogen-bond donors (Lipinski definition) is 1. The van der Waals surface area contributed by atoms with Gasteiger partial charge in [0.1, 0.15) is 0 Å². The molecular formula is C18H35N. The summed E-state index contributed by atoms with van der Waals surface area (Å²) in [6, 6.07) is 0. The minimum atomic E-state index is 0.882. The summed E-state index contributed by atoms with van der Waals surface area (Å²) in [5.74, 6) is 4.53. The van der Waals surface area contributed by atoms with Gasteiger partial charge in [0.2, 0.25) is 0 Å². The van der Waals surface area contributed by atoms with Crippen molar-refractivity contribution in [2.45, 2.75) is 84.0 Å². The van der Waals surface area contributed by atoms with E-state index in [0.717, 1.165) is 30.2 Å². The Hall–Kier alpha value is -0.0400. The van der Waals surface area contributed by atoms with Crippen LogP contribution in [0.4, 0.5) is 0 Å². The first-order chi connectivity index (χ1) is 9.35. The summed E-state index contributed by atoms with van der Waals surface area (Å²) in [6.45, 7) is 3.19. The van der Waals surface area contributed by atoms with Crippen molar-refractivity contribution in [2.75, 3.05) is 6.54 Å². The number of nitrogens with two attached hydrogens (primary N) is 1. The fraction of sp³-hybridized carbons (Fsp3) is 1.00. The molecule has 2 saturated carbocycles. The van der Waals surface area contributed by atoms with Crippen molar-refractivity contribution in [3.8, 4) is 0 Å². The van der Waals surface area contributed by atoms with Gasteiger partial charge in [0.05, 0.1) is 0 Å². The van der Waals surface area contributed by atoms with Gasteiger partial charge in [0.25, 0.3) is 0 Å². The van der Waals surface area contributed by atoms with Gasteiger partial charge in [-0.1, -0.05) is 58.3 Å². The van der Waals surface area contributed by atoms with Crippen LogP contribution in [-0.2, 0) is 0 Å². The maximum absolute atomic E-state index is 5.52. The average Bonchev–Trinajstić information content (AvgIpc) is 3.30. The standard InChI is InChI=1S/C18H35N/c1-2-3-6-9-15-12-17(15)14-18-13-16(18)10-7-4-5-8-11-19/h15-18H,2-14,19H2,1H3. The van der Waals surface area contributed by atoms with Crippen molar-refractivity contribution >= 4 is 0 Å². The summed E-state index contributed by atoms with van der Waals surface area (Å²) >= 11 is 0. The van der Waals surface area contributed by atoms with Crippen LogP contribution in [0.2, 0.25) is 0 Å². The topological polar surface area (TPSA) is 26.0 Å². The van der Waals surface area contributed by atoms with Crippen molar-refractivity contribution in [1.29, 1.82) is 0 Å². The highest BCUT2D eigenvalue weighted by atomic mass is 14.5. The van der Waals surface area contributed by atoms with E-state index in [0.29, 0.717) is 0 Å². The summed E-state index contributed by atoms with van der Waals surface area (Å²) in [7, 11) is 0. The fourth-order valence-corrected chi connectivity index (χ4v) is 3.85. The average molecular weight is 265 g/mol. The first kappa shape index (κ1) is 15.4. The molecule has 2 N–H and O–H groups in total. The molecule has 112 valence electrons. The molecule has 0 heterocycles. The van der Waals surface area contributed by atoms with Crippen molar-refractivity contribution < 1.29 is 0 Å². The van der Waals surface area contributed by atoms with E-state index in [1.165, 1.54) is 57.8 Å². The van der Waals surface area contributed by atoms with Crippen LogP contribution in [0.1, 0.15) is 84.0 Å². The Morgan fingerprint density at radius 1 is 0.737 bits per heavy atom. The van der Waals surface area contributed by atoms with E-state index in [9.17, 15) is 0 Å². The second-order valence-corrected chi connectivity index (χ2v) is 7.23. The van der Waals surface area contributed by atoms with Gasteiger partial charge in [-0.15, -0.1) is 0 Å². The van der Waals surface area contributed by atoms with Crippen LogP contribution >= 0.6 is 0 Å². The molecule has 2 aliphatic carbocycles. The quantitative estimate of drug-likeness (QED) is 0.486. The highest BCUT2D eigenvalue weighted by Crippen LogP contribution is 2.54. The van der Waals surface area contributed by atoms with Crippen LogP contribution in [-0.4, -0.2) is 6.54 Å². The lowest BCUT2D eigenvalue weighted by Crippen LogP contribution is -1.97. The largest absolute Gasteiger partial charge is 0.330 e. The molecule has 1 heteroatoms. The van der Waals surface area contributed by atoms with E-state index in [4.69, 9.17) is 5.73 Å². The second-order valence-electron chi connectivity index (χ2n) is 7.23. The van der Waals surface area contributed by atoms with E-state index in [1.54, 1.807) is 19.3 Å². The Kier molecular flexibility index (Phi) is 6.70.